The normalized spacial score (nSPS) is 11.6. The summed E-state index contributed by atoms with van der Waals surface area (Å²) in [5.41, 5.74) is 0.989. The predicted octanol–water partition coefficient (Wildman–Crippen LogP) is 3.32. The third-order valence-electron chi connectivity index (χ3n) is 3.41. The molecule has 0 N–H and O–H groups in total. The zero-order valence-corrected chi connectivity index (χ0v) is 14.9. The third-order valence-corrected chi connectivity index (χ3v) is 5.81. The Kier molecular flexibility index (Phi) is 5.61. The average molecular weight is 384 g/mol. The fourth-order valence-corrected chi connectivity index (χ4v) is 3.53. The van der Waals surface area contributed by atoms with Crippen LogP contribution < -0.4 is 4.74 Å². The molecule has 0 fully saturated rings. The number of halogens is 1. The number of methoxy groups -OCH3 is 1. The number of benzene rings is 2. The Balaban J connectivity index is 2.11. The highest BCUT2D eigenvalue weighted by Gasteiger charge is 2.20. The molecule has 0 aliphatic rings. The molecule has 0 saturated heterocycles. The molecule has 118 valence electrons. The zero-order valence-electron chi connectivity index (χ0n) is 12.5. The summed E-state index contributed by atoms with van der Waals surface area (Å²) in [7, 11) is -0.271. The van der Waals surface area contributed by atoms with Gasteiger partial charge < -0.3 is 4.74 Å². The zero-order chi connectivity index (χ0) is 16.2. The summed E-state index contributed by atoms with van der Waals surface area (Å²) in [6, 6.07) is 14.3. The molecule has 0 heterocycles. The van der Waals surface area contributed by atoms with Gasteiger partial charge in [0.1, 0.15) is 5.75 Å². The summed E-state index contributed by atoms with van der Waals surface area (Å²) in [5, 5.41) is 0. The molecule has 4 nitrogen and oxygen atoms in total. The molecule has 0 amide bonds. The first-order chi connectivity index (χ1) is 10.4. The van der Waals surface area contributed by atoms with Gasteiger partial charge in [0, 0.05) is 18.1 Å². The van der Waals surface area contributed by atoms with E-state index in [1.54, 1.807) is 38.4 Å². The lowest BCUT2D eigenvalue weighted by Gasteiger charge is -2.18. The van der Waals surface area contributed by atoms with E-state index >= 15 is 0 Å². The fraction of sp³-hybridized carbons (Fsp3) is 0.250. The maximum atomic E-state index is 12.5. The minimum absolute atomic E-state index is 0.290. The molecule has 2 aromatic carbocycles. The van der Waals surface area contributed by atoms with Gasteiger partial charge in [0.15, 0.2) is 0 Å². The van der Waals surface area contributed by atoms with Gasteiger partial charge in [-0.1, -0.05) is 34.1 Å². The van der Waals surface area contributed by atoms with E-state index in [1.807, 2.05) is 24.3 Å². The number of ether oxygens (including phenoxy) is 1. The topological polar surface area (TPSA) is 46.6 Å². The van der Waals surface area contributed by atoms with Crippen molar-refractivity contribution in [2.24, 2.45) is 0 Å². The van der Waals surface area contributed by atoms with Crippen LogP contribution >= 0.6 is 15.9 Å². The molecule has 0 radical (unpaired) electrons. The highest BCUT2D eigenvalue weighted by Crippen LogP contribution is 2.21. The molecule has 0 bridgehead atoms. The number of sulfonamides is 1. The molecule has 0 atom stereocenters. The van der Waals surface area contributed by atoms with Crippen molar-refractivity contribution in [1.82, 2.24) is 4.31 Å². The Bertz CT molecular complexity index is 729. The summed E-state index contributed by atoms with van der Waals surface area (Å²) in [4.78, 5) is 0.290. The van der Waals surface area contributed by atoms with E-state index in [0.29, 0.717) is 17.9 Å². The quantitative estimate of drug-likeness (QED) is 0.768. The van der Waals surface area contributed by atoms with Crippen LogP contribution in [0.5, 0.6) is 5.75 Å². The third kappa shape index (κ3) is 3.88. The van der Waals surface area contributed by atoms with E-state index in [-0.39, 0.29) is 0 Å². The van der Waals surface area contributed by atoms with Crippen LogP contribution in [-0.2, 0) is 16.4 Å². The molecule has 0 spiro atoms. The molecule has 2 rings (SSSR count). The van der Waals surface area contributed by atoms with Gasteiger partial charge >= 0.3 is 0 Å². The van der Waals surface area contributed by atoms with Gasteiger partial charge in [-0.25, -0.2) is 12.7 Å². The molecule has 0 aromatic heterocycles. The molecule has 0 aliphatic heterocycles. The van der Waals surface area contributed by atoms with E-state index in [4.69, 9.17) is 4.74 Å². The lowest BCUT2D eigenvalue weighted by molar-refractivity contribution is 0.406. The number of likely N-dealkylation sites (N-methyl/N-ethyl adjacent to an activating group) is 1. The second-order valence-electron chi connectivity index (χ2n) is 4.84. The highest BCUT2D eigenvalue weighted by atomic mass is 79.9. The van der Waals surface area contributed by atoms with Crippen LogP contribution in [0.15, 0.2) is 57.9 Å². The van der Waals surface area contributed by atoms with Crippen LogP contribution in [-0.4, -0.2) is 33.4 Å². The standard InChI is InChI=1S/C16H18BrNO3S/c1-18(12-11-13-5-3-4-6-16(13)21-2)22(19,20)15-9-7-14(17)8-10-15/h3-10H,11-12H2,1-2H3. The van der Waals surface area contributed by atoms with Gasteiger partial charge in [-0.05, 0) is 42.3 Å². The van der Waals surface area contributed by atoms with Crippen LogP contribution in [0.2, 0.25) is 0 Å². The molecule has 0 aliphatic carbocycles. The van der Waals surface area contributed by atoms with Gasteiger partial charge in [0.2, 0.25) is 10.0 Å². The van der Waals surface area contributed by atoms with Crippen LogP contribution in [0.25, 0.3) is 0 Å². The molecule has 22 heavy (non-hydrogen) atoms. The van der Waals surface area contributed by atoms with Crippen molar-refractivity contribution in [3.8, 4) is 5.75 Å². The summed E-state index contributed by atoms with van der Waals surface area (Å²) in [6.07, 6.45) is 0.594. The number of rotatable bonds is 6. The van der Waals surface area contributed by atoms with Gasteiger partial charge in [-0.2, -0.15) is 0 Å². The SMILES string of the molecule is COc1ccccc1CCN(C)S(=O)(=O)c1ccc(Br)cc1. The smallest absolute Gasteiger partial charge is 0.242 e. The lowest BCUT2D eigenvalue weighted by Crippen LogP contribution is -2.29. The second kappa shape index (κ2) is 7.26. The van der Waals surface area contributed by atoms with E-state index < -0.39 is 10.0 Å². The minimum Gasteiger partial charge on any atom is -0.496 e. The van der Waals surface area contributed by atoms with Crippen molar-refractivity contribution in [1.29, 1.82) is 0 Å². The molecule has 2 aromatic rings. The molecule has 0 unspecified atom stereocenters. The molecular formula is C16H18BrNO3S. The van der Waals surface area contributed by atoms with Crippen LogP contribution in [0.4, 0.5) is 0 Å². The number of para-hydroxylation sites is 1. The van der Waals surface area contributed by atoms with Gasteiger partial charge in [-0.3, -0.25) is 0 Å². The van der Waals surface area contributed by atoms with Crippen molar-refractivity contribution in [3.05, 3.63) is 58.6 Å². The predicted molar refractivity (Wildman–Crippen MR) is 90.7 cm³/mol. The van der Waals surface area contributed by atoms with Crippen molar-refractivity contribution >= 4 is 26.0 Å². The first-order valence-electron chi connectivity index (χ1n) is 6.79. The van der Waals surface area contributed by atoms with Crippen LogP contribution in [0, 0.1) is 0 Å². The Morgan fingerprint density at radius 3 is 2.36 bits per heavy atom. The van der Waals surface area contributed by atoms with Crippen molar-refractivity contribution in [2.45, 2.75) is 11.3 Å². The van der Waals surface area contributed by atoms with Crippen LogP contribution in [0.1, 0.15) is 5.56 Å². The summed E-state index contributed by atoms with van der Waals surface area (Å²) < 4.78 is 32.5. The maximum absolute atomic E-state index is 12.5. The molecule has 0 saturated carbocycles. The summed E-state index contributed by atoms with van der Waals surface area (Å²) >= 11 is 3.30. The molecule has 6 heteroatoms. The van der Waals surface area contributed by atoms with Gasteiger partial charge in [0.05, 0.1) is 12.0 Å². The largest absolute Gasteiger partial charge is 0.496 e. The fourth-order valence-electron chi connectivity index (χ4n) is 2.09. The van der Waals surface area contributed by atoms with E-state index in [9.17, 15) is 8.42 Å². The van der Waals surface area contributed by atoms with Gasteiger partial charge in [0.25, 0.3) is 0 Å². The lowest BCUT2D eigenvalue weighted by atomic mass is 10.1. The monoisotopic (exact) mass is 383 g/mol. The maximum Gasteiger partial charge on any atom is 0.242 e. The summed E-state index contributed by atoms with van der Waals surface area (Å²) in [5.74, 6) is 0.775. The minimum atomic E-state index is -3.47. The van der Waals surface area contributed by atoms with Crippen molar-refractivity contribution in [3.63, 3.8) is 0 Å². The van der Waals surface area contributed by atoms with Crippen molar-refractivity contribution in [2.75, 3.05) is 20.7 Å². The van der Waals surface area contributed by atoms with E-state index in [0.717, 1.165) is 15.8 Å². The first-order valence-corrected chi connectivity index (χ1v) is 9.02. The van der Waals surface area contributed by atoms with Gasteiger partial charge in [-0.15, -0.1) is 0 Å². The van der Waals surface area contributed by atoms with E-state index in [1.165, 1.54) is 4.31 Å². The Morgan fingerprint density at radius 1 is 1.09 bits per heavy atom. The number of hydrogen-bond acceptors (Lipinski definition) is 3. The van der Waals surface area contributed by atoms with E-state index in [2.05, 4.69) is 15.9 Å². The Morgan fingerprint density at radius 2 is 1.73 bits per heavy atom. The Labute approximate surface area is 139 Å². The average Bonchev–Trinajstić information content (AvgIpc) is 2.53. The Hall–Kier alpha value is -1.37. The highest BCUT2D eigenvalue weighted by molar-refractivity contribution is 9.10. The first kappa shape index (κ1) is 17.0. The molecular weight excluding hydrogens is 366 g/mol. The second-order valence-corrected chi connectivity index (χ2v) is 7.80. The van der Waals surface area contributed by atoms with Crippen LogP contribution in [0.3, 0.4) is 0 Å². The number of nitrogens with zero attached hydrogens (tertiary/aromatic N) is 1. The number of hydrogen-bond donors (Lipinski definition) is 0. The summed E-state index contributed by atoms with van der Waals surface area (Å²) in [6.45, 7) is 0.388. The van der Waals surface area contributed by atoms with Crippen molar-refractivity contribution < 1.29 is 13.2 Å².